The van der Waals surface area contributed by atoms with Gasteiger partial charge < -0.3 is 19.7 Å². The van der Waals surface area contributed by atoms with E-state index in [0.29, 0.717) is 41.1 Å². The third-order valence-electron chi connectivity index (χ3n) is 4.92. The number of para-hydroxylation sites is 1. The minimum Gasteiger partial charge on any atom is -0.493 e. The summed E-state index contributed by atoms with van der Waals surface area (Å²) in [4.78, 5) is 13.6. The summed E-state index contributed by atoms with van der Waals surface area (Å²) in [6.45, 7) is 3.54. The number of methoxy groups -OCH3 is 1. The average Bonchev–Trinajstić information content (AvgIpc) is 3.13. The summed E-state index contributed by atoms with van der Waals surface area (Å²) in [5, 5.41) is 4.46. The van der Waals surface area contributed by atoms with Gasteiger partial charge in [0.05, 0.1) is 17.2 Å². The Morgan fingerprint density at radius 1 is 1.17 bits per heavy atom. The maximum absolute atomic E-state index is 11.7. The average molecular weight is 437 g/mol. The zero-order valence-electron chi connectivity index (χ0n) is 16.5. The molecule has 0 aromatic heterocycles. The third kappa shape index (κ3) is 6.01. The standard InChI is InChI=1S/C22H26Cl2N2O3/c1-28-20-6-2-5-17(14-25-10-4-12-26-11-3-7-21(26)27)22(20)29-15-16-8-9-18(23)19(24)13-16/h2,5-6,8-9,13,25H,3-4,7,10-12,14-15H2,1H3. The van der Waals surface area contributed by atoms with Gasteiger partial charge in [-0.05, 0) is 43.1 Å². The SMILES string of the molecule is COc1cccc(CNCCCN2CCCC2=O)c1OCc1ccc(Cl)c(Cl)c1. The Bertz CT molecular complexity index is 845. The topological polar surface area (TPSA) is 50.8 Å². The largest absolute Gasteiger partial charge is 0.493 e. The van der Waals surface area contributed by atoms with Crippen LogP contribution in [0.4, 0.5) is 0 Å². The molecule has 0 saturated carbocycles. The van der Waals surface area contributed by atoms with Crippen molar-refractivity contribution in [3.8, 4) is 11.5 Å². The second-order valence-electron chi connectivity index (χ2n) is 7.00. The molecule has 3 rings (SSSR count). The van der Waals surface area contributed by atoms with Gasteiger partial charge in [-0.3, -0.25) is 4.79 Å². The minimum atomic E-state index is 0.274. The fourth-order valence-electron chi connectivity index (χ4n) is 3.37. The highest BCUT2D eigenvalue weighted by molar-refractivity contribution is 6.42. The molecule has 7 heteroatoms. The lowest BCUT2D eigenvalue weighted by Crippen LogP contribution is -2.28. The highest BCUT2D eigenvalue weighted by Crippen LogP contribution is 2.32. The number of carbonyl (C=O) groups is 1. The number of amides is 1. The Kier molecular flexibility index (Phi) is 8.04. The highest BCUT2D eigenvalue weighted by Gasteiger charge is 2.19. The zero-order chi connectivity index (χ0) is 20.6. The van der Waals surface area contributed by atoms with Crippen LogP contribution in [0.25, 0.3) is 0 Å². The van der Waals surface area contributed by atoms with Gasteiger partial charge in [-0.25, -0.2) is 0 Å². The van der Waals surface area contributed by atoms with E-state index in [4.69, 9.17) is 32.7 Å². The number of rotatable bonds is 10. The third-order valence-corrected chi connectivity index (χ3v) is 5.65. The molecular weight excluding hydrogens is 411 g/mol. The van der Waals surface area contributed by atoms with Crippen molar-refractivity contribution in [2.24, 2.45) is 0 Å². The maximum atomic E-state index is 11.7. The molecular formula is C22H26Cl2N2O3. The summed E-state index contributed by atoms with van der Waals surface area (Å²) in [6, 6.07) is 11.3. The first-order valence-electron chi connectivity index (χ1n) is 9.79. The van der Waals surface area contributed by atoms with E-state index in [2.05, 4.69) is 5.32 Å². The van der Waals surface area contributed by atoms with Crippen LogP contribution in [-0.2, 0) is 17.9 Å². The van der Waals surface area contributed by atoms with E-state index in [1.807, 2.05) is 29.2 Å². The van der Waals surface area contributed by atoms with Crippen LogP contribution in [0.2, 0.25) is 10.0 Å². The van der Waals surface area contributed by atoms with Crippen LogP contribution in [0, 0.1) is 0 Å². The van der Waals surface area contributed by atoms with Crippen molar-refractivity contribution in [1.82, 2.24) is 10.2 Å². The lowest BCUT2D eigenvalue weighted by Gasteiger charge is -2.17. The Morgan fingerprint density at radius 3 is 2.76 bits per heavy atom. The van der Waals surface area contributed by atoms with Crippen LogP contribution >= 0.6 is 23.2 Å². The number of hydrogen-bond donors (Lipinski definition) is 1. The van der Waals surface area contributed by atoms with Gasteiger partial charge in [-0.2, -0.15) is 0 Å². The molecule has 2 aromatic rings. The molecule has 1 aliphatic rings. The van der Waals surface area contributed by atoms with E-state index < -0.39 is 0 Å². The van der Waals surface area contributed by atoms with Gasteiger partial charge in [0.15, 0.2) is 11.5 Å². The second kappa shape index (κ2) is 10.7. The molecule has 0 spiro atoms. The Labute approximate surface area is 181 Å². The van der Waals surface area contributed by atoms with Crippen molar-refractivity contribution in [1.29, 1.82) is 0 Å². The lowest BCUT2D eigenvalue weighted by molar-refractivity contribution is -0.127. The number of nitrogens with zero attached hydrogens (tertiary/aromatic N) is 1. The summed E-state index contributed by atoms with van der Waals surface area (Å²) in [6.07, 6.45) is 2.60. The van der Waals surface area contributed by atoms with Gasteiger partial charge in [0, 0.05) is 31.6 Å². The number of hydrogen-bond acceptors (Lipinski definition) is 4. The number of benzene rings is 2. The van der Waals surface area contributed by atoms with Crippen LogP contribution < -0.4 is 14.8 Å². The molecule has 1 aliphatic heterocycles. The van der Waals surface area contributed by atoms with Gasteiger partial charge in [0.1, 0.15) is 6.61 Å². The van der Waals surface area contributed by atoms with E-state index in [9.17, 15) is 4.79 Å². The summed E-state index contributed by atoms with van der Waals surface area (Å²) in [5.74, 6) is 1.67. The number of likely N-dealkylation sites (tertiary alicyclic amines) is 1. The zero-order valence-corrected chi connectivity index (χ0v) is 18.1. The summed E-state index contributed by atoms with van der Waals surface area (Å²) >= 11 is 12.1. The van der Waals surface area contributed by atoms with E-state index in [-0.39, 0.29) is 5.91 Å². The molecule has 29 heavy (non-hydrogen) atoms. The smallest absolute Gasteiger partial charge is 0.222 e. The van der Waals surface area contributed by atoms with Crippen LogP contribution in [0.5, 0.6) is 11.5 Å². The van der Waals surface area contributed by atoms with Crippen LogP contribution in [-0.4, -0.2) is 37.6 Å². The monoisotopic (exact) mass is 436 g/mol. The van der Waals surface area contributed by atoms with Gasteiger partial charge in [-0.15, -0.1) is 0 Å². The first-order valence-corrected chi connectivity index (χ1v) is 10.5. The molecule has 156 valence electrons. The second-order valence-corrected chi connectivity index (χ2v) is 7.81. The van der Waals surface area contributed by atoms with Gasteiger partial charge in [-0.1, -0.05) is 41.4 Å². The first-order chi connectivity index (χ1) is 14.1. The predicted octanol–water partition coefficient (Wildman–Crippen LogP) is 4.68. The Hall–Kier alpha value is -1.95. The highest BCUT2D eigenvalue weighted by atomic mass is 35.5. The molecule has 1 saturated heterocycles. The van der Waals surface area contributed by atoms with Crippen molar-refractivity contribution < 1.29 is 14.3 Å². The summed E-state index contributed by atoms with van der Waals surface area (Å²) in [5.41, 5.74) is 1.95. The Balaban J connectivity index is 1.55. The predicted molar refractivity (Wildman–Crippen MR) is 116 cm³/mol. The molecule has 2 aromatic carbocycles. The van der Waals surface area contributed by atoms with Crippen molar-refractivity contribution >= 4 is 29.1 Å². The Morgan fingerprint density at radius 2 is 2.03 bits per heavy atom. The normalized spacial score (nSPS) is 13.8. The van der Waals surface area contributed by atoms with E-state index in [1.165, 1.54) is 0 Å². The number of carbonyl (C=O) groups excluding carboxylic acids is 1. The first kappa shape index (κ1) is 21.8. The van der Waals surface area contributed by atoms with E-state index in [1.54, 1.807) is 19.2 Å². The molecule has 0 bridgehead atoms. The van der Waals surface area contributed by atoms with Crippen LogP contribution in [0.3, 0.4) is 0 Å². The molecule has 0 radical (unpaired) electrons. The molecule has 1 fully saturated rings. The fourth-order valence-corrected chi connectivity index (χ4v) is 3.69. The van der Waals surface area contributed by atoms with E-state index >= 15 is 0 Å². The van der Waals surface area contributed by atoms with Gasteiger partial charge in [0.25, 0.3) is 0 Å². The fraction of sp³-hybridized carbons (Fsp3) is 0.409. The van der Waals surface area contributed by atoms with Crippen molar-refractivity contribution in [3.63, 3.8) is 0 Å². The molecule has 1 heterocycles. The number of nitrogens with one attached hydrogen (secondary N) is 1. The van der Waals surface area contributed by atoms with Crippen LogP contribution in [0.15, 0.2) is 36.4 Å². The maximum Gasteiger partial charge on any atom is 0.222 e. The van der Waals surface area contributed by atoms with Crippen molar-refractivity contribution in [3.05, 3.63) is 57.6 Å². The minimum absolute atomic E-state index is 0.274. The van der Waals surface area contributed by atoms with Crippen molar-refractivity contribution in [2.45, 2.75) is 32.4 Å². The molecule has 0 atom stereocenters. The molecule has 5 nitrogen and oxygen atoms in total. The summed E-state index contributed by atoms with van der Waals surface area (Å²) < 4.78 is 11.6. The van der Waals surface area contributed by atoms with Crippen molar-refractivity contribution in [2.75, 3.05) is 26.7 Å². The molecule has 0 unspecified atom stereocenters. The van der Waals surface area contributed by atoms with Crippen LogP contribution in [0.1, 0.15) is 30.4 Å². The quantitative estimate of drug-likeness (QED) is 0.549. The van der Waals surface area contributed by atoms with Gasteiger partial charge >= 0.3 is 0 Å². The van der Waals surface area contributed by atoms with E-state index in [0.717, 1.165) is 43.6 Å². The molecule has 1 N–H and O–H groups in total. The lowest BCUT2D eigenvalue weighted by atomic mass is 10.1. The number of ether oxygens (including phenoxy) is 2. The van der Waals surface area contributed by atoms with Gasteiger partial charge in [0.2, 0.25) is 5.91 Å². The molecule has 1 amide bonds. The summed E-state index contributed by atoms with van der Waals surface area (Å²) in [7, 11) is 1.63. The number of halogens is 2. The molecule has 0 aliphatic carbocycles.